The molecule has 1 saturated heterocycles. The molecule has 162 valence electrons. The maximum Gasteiger partial charge on any atom is 0.325 e. The quantitative estimate of drug-likeness (QED) is 0.591. The van der Waals surface area contributed by atoms with Crippen molar-refractivity contribution < 1.29 is 23.9 Å². The summed E-state index contributed by atoms with van der Waals surface area (Å²) in [6, 6.07) is 12.7. The molecular weight excluding hydrogens is 400 g/mol. The van der Waals surface area contributed by atoms with Gasteiger partial charge in [-0.1, -0.05) is 19.1 Å². The molecule has 3 rings (SSSR count). The van der Waals surface area contributed by atoms with E-state index in [9.17, 15) is 19.2 Å². The third-order valence-electron chi connectivity index (χ3n) is 5.08. The van der Waals surface area contributed by atoms with Gasteiger partial charge in [0, 0.05) is 18.3 Å². The predicted molar refractivity (Wildman–Crippen MR) is 115 cm³/mol. The predicted octanol–water partition coefficient (Wildman–Crippen LogP) is 2.45. The second-order valence-electron chi connectivity index (χ2n) is 7.12. The molecule has 9 heteroatoms. The molecule has 0 aromatic heterocycles. The highest BCUT2D eigenvalue weighted by atomic mass is 16.5. The van der Waals surface area contributed by atoms with E-state index in [4.69, 9.17) is 4.74 Å². The van der Waals surface area contributed by atoms with E-state index in [-0.39, 0.29) is 5.91 Å². The van der Waals surface area contributed by atoms with Crippen LogP contribution in [0.1, 0.15) is 25.8 Å². The van der Waals surface area contributed by atoms with Crippen LogP contribution in [0.3, 0.4) is 0 Å². The lowest BCUT2D eigenvalue weighted by molar-refractivity contribution is -0.134. The normalized spacial score (nSPS) is 17.8. The second-order valence-corrected chi connectivity index (χ2v) is 7.12. The third-order valence-corrected chi connectivity index (χ3v) is 5.08. The Balaban J connectivity index is 1.71. The Morgan fingerprint density at radius 3 is 2.10 bits per heavy atom. The highest BCUT2D eigenvalue weighted by Gasteiger charge is 2.51. The van der Waals surface area contributed by atoms with Crippen molar-refractivity contribution in [2.45, 2.75) is 25.8 Å². The van der Waals surface area contributed by atoms with Crippen LogP contribution < -0.4 is 20.7 Å². The van der Waals surface area contributed by atoms with Crippen molar-refractivity contribution in [2.24, 2.45) is 0 Å². The Bertz CT molecular complexity index is 1000. The van der Waals surface area contributed by atoms with Crippen molar-refractivity contribution >= 4 is 35.1 Å². The first-order chi connectivity index (χ1) is 14.8. The smallest absolute Gasteiger partial charge is 0.325 e. The number of hydrogen-bond donors (Lipinski definition) is 3. The number of amides is 5. The number of nitrogens with zero attached hydrogens (tertiary/aromatic N) is 1. The van der Waals surface area contributed by atoms with Gasteiger partial charge in [-0.15, -0.1) is 0 Å². The molecule has 0 aliphatic carbocycles. The fourth-order valence-corrected chi connectivity index (χ4v) is 3.47. The van der Waals surface area contributed by atoms with E-state index < -0.39 is 29.9 Å². The Kier molecular flexibility index (Phi) is 6.24. The molecule has 3 N–H and O–H groups in total. The van der Waals surface area contributed by atoms with E-state index in [2.05, 4.69) is 16.0 Å². The monoisotopic (exact) mass is 424 g/mol. The maximum absolute atomic E-state index is 13.2. The van der Waals surface area contributed by atoms with E-state index in [0.717, 1.165) is 4.90 Å². The molecule has 1 aliphatic heterocycles. The van der Waals surface area contributed by atoms with Gasteiger partial charge in [-0.25, -0.2) is 4.79 Å². The van der Waals surface area contributed by atoms with Crippen LogP contribution in [-0.4, -0.2) is 42.3 Å². The van der Waals surface area contributed by atoms with E-state index in [1.165, 1.54) is 6.92 Å². The lowest BCUT2D eigenvalue weighted by Crippen LogP contribution is -2.44. The van der Waals surface area contributed by atoms with Gasteiger partial charge >= 0.3 is 6.03 Å². The summed E-state index contributed by atoms with van der Waals surface area (Å²) in [6.45, 7) is 2.77. The lowest BCUT2D eigenvalue weighted by atomic mass is 9.87. The highest BCUT2D eigenvalue weighted by Crippen LogP contribution is 2.33. The number of carbonyl (C=O) groups excluding carboxylic acids is 4. The van der Waals surface area contributed by atoms with Crippen LogP contribution in [0.4, 0.5) is 16.2 Å². The molecule has 9 nitrogen and oxygen atoms in total. The molecule has 2 aromatic rings. The molecule has 1 heterocycles. The topological polar surface area (TPSA) is 117 Å². The van der Waals surface area contributed by atoms with Gasteiger partial charge in [0.2, 0.25) is 11.8 Å². The molecular formula is C22H24N4O5. The van der Waals surface area contributed by atoms with E-state index in [1.54, 1.807) is 62.6 Å². The fourth-order valence-electron chi connectivity index (χ4n) is 3.47. The molecule has 31 heavy (non-hydrogen) atoms. The van der Waals surface area contributed by atoms with Gasteiger partial charge in [0.1, 0.15) is 17.8 Å². The van der Waals surface area contributed by atoms with Crippen LogP contribution in [-0.2, 0) is 19.9 Å². The molecule has 2 aromatic carbocycles. The summed E-state index contributed by atoms with van der Waals surface area (Å²) in [5.41, 5.74) is 0.449. The van der Waals surface area contributed by atoms with Gasteiger partial charge in [-0.2, -0.15) is 0 Å². The van der Waals surface area contributed by atoms with E-state index in [1.807, 2.05) is 0 Å². The minimum atomic E-state index is -1.23. The third kappa shape index (κ3) is 4.50. The van der Waals surface area contributed by atoms with Crippen molar-refractivity contribution in [3.8, 4) is 5.75 Å². The Hall–Kier alpha value is -3.88. The first-order valence-electron chi connectivity index (χ1n) is 9.75. The fraction of sp³-hybridized carbons (Fsp3) is 0.273. The van der Waals surface area contributed by atoms with Gasteiger partial charge < -0.3 is 20.7 Å². The summed E-state index contributed by atoms with van der Waals surface area (Å²) in [7, 11) is 1.54. The van der Waals surface area contributed by atoms with Crippen LogP contribution >= 0.6 is 0 Å². The van der Waals surface area contributed by atoms with Crippen molar-refractivity contribution in [3.05, 3.63) is 54.1 Å². The maximum atomic E-state index is 13.2. The molecule has 0 radical (unpaired) electrons. The summed E-state index contributed by atoms with van der Waals surface area (Å²) in [6.07, 6.45) is 0.326. The standard InChI is InChI=1S/C22H24N4O5/c1-4-22(15-5-11-18(31-3)12-6-15)20(29)26(21(30)25-22)13-19(28)24-17-9-7-16(8-10-17)23-14(2)27/h5-12H,4,13H2,1-3H3,(H,23,27)(H,24,28)(H,25,30)/t22-/m1/s1. The summed E-state index contributed by atoms with van der Waals surface area (Å²) in [5, 5.41) is 8.02. The molecule has 5 amide bonds. The summed E-state index contributed by atoms with van der Waals surface area (Å²) in [5.74, 6) is -0.571. The van der Waals surface area contributed by atoms with Gasteiger partial charge in [-0.05, 0) is 48.4 Å². The Labute approximate surface area is 179 Å². The zero-order valence-corrected chi connectivity index (χ0v) is 17.5. The first kappa shape index (κ1) is 21.8. The van der Waals surface area contributed by atoms with Gasteiger partial charge in [0.05, 0.1) is 7.11 Å². The molecule has 1 aliphatic rings. The summed E-state index contributed by atoms with van der Waals surface area (Å²) >= 11 is 0. The zero-order chi connectivity index (χ0) is 22.6. The van der Waals surface area contributed by atoms with Crippen LogP contribution in [0.5, 0.6) is 5.75 Å². The average molecular weight is 424 g/mol. The molecule has 0 saturated carbocycles. The highest BCUT2D eigenvalue weighted by molar-refractivity contribution is 6.10. The number of nitrogens with one attached hydrogen (secondary N) is 3. The molecule has 0 unspecified atom stereocenters. The van der Waals surface area contributed by atoms with Crippen LogP contribution in [0.25, 0.3) is 0 Å². The number of hydrogen-bond acceptors (Lipinski definition) is 5. The van der Waals surface area contributed by atoms with E-state index in [0.29, 0.717) is 29.1 Å². The first-order valence-corrected chi connectivity index (χ1v) is 9.75. The van der Waals surface area contributed by atoms with Crippen LogP contribution in [0.15, 0.2) is 48.5 Å². The van der Waals surface area contributed by atoms with Gasteiger partial charge in [0.15, 0.2) is 0 Å². The Morgan fingerprint density at radius 2 is 1.58 bits per heavy atom. The van der Waals surface area contributed by atoms with Gasteiger partial charge in [0.25, 0.3) is 5.91 Å². The van der Waals surface area contributed by atoms with Crippen molar-refractivity contribution in [1.82, 2.24) is 10.2 Å². The number of urea groups is 1. The van der Waals surface area contributed by atoms with Crippen molar-refractivity contribution in [1.29, 1.82) is 0 Å². The number of ether oxygens (including phenoxy) is 1. The summed E-state index contributed by atoms with van der Waals surface area (Å²) in [4.78, 5) is 50.2. The minimum Gasteiger partial charge on any atom is -0.497 e. The largest absolute Gasteiger partial charge is 0.497 e. The minimum absolute atomic E-state index is 0.202. The zero-order valence-electron chi connectivity index (χ0n) is 17.5. The molecule has 1 fully saturated rings. The number of anilines is 2. The molecule has 0 spiro atoms. The van der Waals surface area contributed by atoms with Crippen molar-refractivity contribution in [2.75, 3.05) is 24.3 Å². The van der Waals surface area contributed by atoms with Crippen LogP contribution in [0.2, 0.25) is 0 Å². The van der Waals surface area contributed by atoms with Crippen molar-refractivity contribution in [3.63, 3.8) is 0 Å². The average Bonchev–Trinajstić information content (AvgIpc) is 3.00. The second kappa shape index (κ2) is 8.86. The lowest BCUT2D eigenvalue weighted by Gasteiger charge is -2.26. The molecule has 1 atom stereocenters. The number of benzene rings is 2. The number of methoxy groups -OCH3 is 1. The number of rotatable bonds is 7. The SMILES string of the molecule is CC[C@]1(c2ccc(OC)cc2)NC(=O)N(CC(=O)Nc2ccc(NC(C)=O)cc2)C1=O. The molecule has 0 bridgehead atoms. The van der Waals surface area contributed by atoms with Gasteiger partial charge in [-0.3, -0.25) is 19.3 Å². The number of imide groups is 1. The van der Waals surface area contributed by atoms with Crippen LogP contribution in [0, 0.1) is 0 Å². The summed E-state index contributed by atoms with van der Waals surface area (Å²) < 4.78 is 5.15. The van der Waals surface area contributed by atoms with E-state index >= 15 is 0 Å². The number of carbonyl (C=O) groups is 4. The Morgan fingerprint density at radius 1 is 1.00 bits per heavy atom.